The van der Waals surface area contributed by atoms with Crippen molar-refractivity contribution in [2.45, 2.75) is 0 Å². The maximum Gasteiger partial charge on any atom is 0.338 e. The van der Waals surface area contributed by atoms with Gasteiger partial charge in [-0.15, -0.1) is 11.3 Å². The number of hydrogen-bond acceptors (Lipinski definition) is 5. The highest BCUT2D eigenvalue weighted by Gasteiger charge is 2.21. The summed E-state index contributed by atoms with van der Waals surface area (Å²) < 4.78 is 13.9. The van der Waals surface area contributed by atoms with Gasteiger partial charge in [0, 0.05) is 5.56 Å². The second-order valence-electron chi connectivity index (χ2n) is 5.46. The van der Waals surface area contributed by atoms with Crippen LogP contribution in [-0.4, -0.2) is 27.7 Å². The van der Waals surface area contributed by atoms with Crippen molar-refractivity contribution in [3.8, 4) is 0 Å². The zero-order chi connectivity index (χ0) is 20.4. The van der Waals surface area contributed by atoms with Crippen LogP contribution in [0.3, 0.4) is 0 Å². The molecule has 0 spiro atoms. The lowest BCUT2D eigenvalue weighted by atomic mass is 10.1. The van der Waals surface area contributed by atoms with Gasteiger partial charge in [0.25, 0.3) is 5.91 Å². The molecule has 3 aromatic rings. The third-order valence-corrected chi connectivity index (χ3v) is 5.18. The third kappa shape index (κ3) is 3.89. The van der Waals surface area contributed by atoms with Crippen molar-refractivity contribution in [3.05, 3.63) is 79.3 Å². The van der Waals surface area contributed by atoms with Gasteiger partial charge in [0.05, 0.1) is 37.3 Å². The number of thiazole rings is 1. The topological polar surface area (TPSA) is 103 Å². The average Bonchev–Trinajstić information content (AvgIpc) is 3.08. The molecule has 3 N–H and O–H groups in total. The first kappa shape index (κ1) is 19.9. The van der Waals surface area contributed by atoms with Crippen molar-refractivity contribution in [1.29, 1.82) is 5.41 Å². The monoisotopic (exact) mass is 437 g/mol. The van der Waals surface area contributed by atoms with Crippen LogP contribution in [0.5, 0.6) is 0 Å². The number of benzene rings is 2. The fourth-order valence-electron chi connectivity index (χ4n) is 2.37. The van der Waals surface area contributed by atoms with Crippen LogP contribution in [0.15, 0.2) is 41.9 Å². The van der Waals surface area contributed by atoms with Crippen LogP contribution in [0.2, 0.25) is 10.0 Å². The Bertz CT molecular complexity index is 1100. The smallest absolute Gasteiger partial charge is 0.338 e. The molecule has 3 rings (SSSR count). The number of anilines is 1. The van der Waals surface area contributed by atoms with Crippen molar-refractivity contribution in [2.75, 3.05) is 5.32 Å². The maximum atomic E-state index is 13.9. The molecule has 0 bridgehead atoms. The highest BCUT2D eigenvalue weighted by Crippen LogP contribution is 2.28. The number of carboxylic acid groups (broad SMARTS) is 1. The van der Waals surface area contributed by atoms with Crippen LogP contribution in [0.25, 0.3) is 0 Å². The summed E-state index contributed by atoms with van der Waals surface area (Å²) in [5.74, 6) is -2.90. The van der Waals surface area contributed by atoms with E-state index in [0.717, 1.165) is 23.5 Å². The molecule has 0 aliphatic heterocycles. The van der Waals surface area contributed by atoms with E-state index in [0.29, 0.717) is 0 Å². The fourth-order valence-corrected chi connectivity index (χ4v) is 3.66. The third-order valence-electron chi connectivity index (χ3n) is 3.70. The summed E-state index contributed by atoms with van der Waals surface area (Å²) >= 11 is 13.1. The van der Waals surface area contributed by atoms with Crippen LogP contribution in [0, 0.1) is 11.2 Å². The normalized spacial score (nSPS) is 10.5. The van der Waals surface area contributed by atoms with E-state index < -0.39 is 23.3 Å². The maximum absolute atomic E-state index is 13.9. The molecule has 1 heterocycles. The quantitative estimate of drug-likeness (QED) is 0.490. The summed E-state index contributed by atoms with van der Waals surface area (Å²) in [6, 6.07) is 7.95. The first-order chi connectivity index (χ1) is 13.3. The first-order valence-electron chi connectivity index (χ1n) is 7.60. The SMILES string of the molecule is N=C(c1ccc(C(=O)O)c(F)c1)c1scnc1NC(=O)c1c(Cl)cccc1Cl. The molecular formula is C18H10Cl2FN3O3S. The van der Waals surface area contributed by atoms with E-state index in [4.69, 9.17) is 33.7 Å². The van der Waals surface area contributed by atoms with Gasteiger partial charge in [0.2, 0.25) is 0 Å². The summed E-state index contributed by atoms with van der Waals surface area (Å²) in [5, 5.41) is 20.1. The molecule has 0 atom stereocenters. The van der Waals surface area contributed by atoms with Crippen molar-refractivity contribution < 1.29 is 19.1 Å². The molecule has 2 aromatic carbocycles. The van der Waals surface area contributed by atoms with E-state index in [1.54, 1.807) is 6.07 Å². The second kappa shape index (κ2) is 8.05. The predicted octanol–water partition coefficient (Wildman–Crippen LogP) is 4.96. The lowest BCUT2D eigenvalue weighted by molar-refractivity contribution is 0.0691. The van der Waals surface area contributed by atoms with Gasteiger partial charge in [0.15, 0.2) is 5.82 Å². The van der Waals surface area contributed by atoms with Crippen molar-refractivity contribution >= 4 is 57.9 Å². The van der Waals surface area contributed by atoms with Crippen LogP contribution in [0.1, 0.15) is 31.2 Å². The summed E-state index contributed by atoms with van der Waals surface area (Å²) in [5.41, 5.74) is 0.989. The molecule has 142 valence electrons. The number of amides is 1. The molecule has 0 aliphatic rings. The molecule has 0 saturated carbocycles. The number of carbonyl (C=O) groups is 2. The molecule has 1 aromatic heterocycles. The minimum atomic E-state index is -1.40. The lowest BCUT2D eigenvalue weighted by Gasteiger charge is -2.09. The molecule has 6 nitrogen and oxygen atoms in total. The number of nitrogens with one attached hydrogen (secondary N) is 2. The number of rotatable bonds is 5. The molecule has 28 heavy (non-hydrogen) atoms. The largest absolute Gasteiger partial charge is 0.478 e. The van der Waals surface area contributed by atoms with Crippen molar-refractivity contribution in [1.82, 2.24) is 4.98 Å². The Morgan fingerprint density at radius 2 is 1.86 bits per heavy atom. The Labute approximate surface area is 172 Å². The van der Waals surface area contributed by atoms with Crippen molar-refractivity contribution in [3.63, 3.8) is 0 Å². The number of nitrogens with zero attached hydrogens (tertiary/aromatic N) is 1. The van der Waals surface area contributed by atoms with E-state index in [1.165, 1.54) is 23.7 Å². The van der Waals surface area contributed by atoms with Gasteiger partial charge < -0.3 is 10.4 Å². The zero-order valence-corrected chi connectivity index (χ0v) is 16.1. The van der Waals surface area contributed by atoms with E-state index in [-0.39, 0.29) is 37.6 Å². The predicted molar refractivity (Wildman–Crippen MR) is 106 cm³/mol. The lowest BCUT2D eigenvalue weighted by Crippen LogP contribution is -2.16. The summed E-state index contributed by atoms with van der Waals surface area (Å²) in [6.45, 7) is 0. The van der Waals surface area contributed by atoms with Gasteiger partial charge >= 0.3 is 5.97 Å². The van der Waals surface area contributed by atoms with E-state index in [2.05, 4.69) is 10.3 Å². The Kier molecular flexibility index (Phi) is 5.73. The van der Waals surface area contributed by atoms with Crippen molar-refractivity contribution in [2.24, 2.45) is 0 Å². The van der Waals surface area contributed by atoms with Crippen LogP contribution in [-0.2, 0) is 0 Å². The second-order valence-corrected chi connectivity index (χ2v) is 7.12. The van der Waals surface area contributed by atoms with E-state index in [1.807, 2.05) is 0 Å². The minimum absolute atomic E-state index is 0.0631. The first-order valence-corrected chi connectivity index (χ1v) is 9.24. The number of aromatic nitrogens is 1. The average molecular weight is 438 g/mol. The molecule has 10 heteroatoms. The summed E-state index contributed by atoms with van der Waals surface area (Å²) in [7, 11) is 0. The van der Waals surface area contributed by atoms with Crippen LogP contribution < -0.4 is 5.32 Å². The van der Waals surface area contributed by atoms with E-state index in [9.17, 15) is 14.0 Å². The summed E-state index contributed by atoms with van der Waals surface area (Å²) in [4.78, 5) is 27.7. The number of aromatic carboxylic acids is 1. The van der Waals surface area contributed by atoms with Gasteiger partial charge in [-0.1, -0.05) is 35.3 Å². The number of halogens is 3. The standard InChI is InChI=1S/C18H10Cl2FN3O3S/c19-10-2-1-3-11(20)13(10)17(25)24-16-15(28-7-23-16)14(22)8-4-5-9(18(26)27)12(21)6-8/h1-7,22H,(H,24,25)(H,26,27). The van der Waals surface area contributed by atoms with Gasteiger partial charge in [-0.05, 0) is 24.3 Å². The number of carboxylic acids is 1. The summed E-state index contributed by atoms with van der Waals surface area (Å²) in [6.07, 6.45) is 0. The van der Waals surface area contributed by atoms with Gasteiger partial charge in [-0.2, -0.15) is 0 Å². The zero-order valence-electron chi connectivity index (χ0n) is 13.8. The minimum Gasteiger partial charge on any atom is -0.478 e. The molecule has 1 amide bonds. The number of carbonyl (C=O) groups excluding carboxylic acids is 1. The molecule has 0 fully saturated rings. The molecule has 0 saturated heterocycles. The van der Waals surface area contributed by atoms with Gasteiger partial charge in [0.1, 0.15) is 5.82 Å². The van der Waals surface area contributed by atoms with Gasteiger partial charge in [-0.25, -0.2) is 14.2 Å². The Balaban J connectivity index is 1.90. The van der Waals surface area contributed by atoms with Crippen LogP contribution in [0.4, 0.5) is 10.2 Å². The highest BCUT2D eigenvalue weighted by molar-refractivity contribution is 7.12. The Morgan fingerprint density at radius 1 is 1.18 bits per heavy atom. The molecule has 0 unspecified atom stereocenters. The molecule has 0 radical (unpaired) electrons. The number of hydrogen-bond donors (Lipinski definition) is 3. The Morgan fingerprint density at radius 3 is 2.46 bits per heavy atom. The Hall–Kier alpha value is -2.81. The molecular weight excluding hydrogens is 428 g/mol. The molecule has 0 aliphatic carbocycles. The fraction of sp³-hybridized carbons (Fsp3) is 0. The van der Waals surface area contributed by atoms with Gasteiger partial charge in [-0.3, -0.25) is 10.2 Å². The highest BCUT2D eigenvalue weighted by atomic mass is 35.5. The van der Waals surface area contributed by atoms with Crippen LogP contribution >= 0.6 is 34.5 Å². The van der Waals surface area contributed by atoms with E-state index >= 15 is 0 Å².